The number of rotatable bonds is 5. The van der Waals surface area contributed by atoms with E-state index in [1.54, 1.807) is 12.1 Å². The molecule has 8 nitrogen and oxygen atoms in total. The quantitative estimate of drug-likeness (QED) is 0.427. The summed E-state index contributed by atoms with van der Waals surface area (Å²) >= 11 is 0. The predicted octanol–water partition coefficient (Wildman–Crippen LogP) is 4.83. The first-order valence-electron chi connectivity index (χ1n) is 12.5. The molecule has 0 saturated carbocycles. The zero-order chi connectivity index (χ0) is 29.0. The predicted molar refractivity (Wildman–Crippen MR) is 137 cm³/mol. The van der Waals surface area contributed by atoms with Crippen molar-refractivity contribution < 1.29 is 31.9 Å². The number of nitrogens with zero attached hydrogens (tertiary/aromatic N) is 4. The second-order valence-corrected chi connectivity index (χ2v) is 9.35. The minimum atomic E-state index is -4.71. The van der Waals surface area contributed by atoms with Crippen LogP contribution >= 0.6 is 0 Å². The van der Waals surface area contributed by atoms with E-state index in [1.807, 2.05) is 4.90 Å². The average Bonchev–Trinajstić information content (AvgIpc) is 3.08. The van der Waals surface area contributed by atoms with Gasteiger partial charge in [0.2, 0.25) is 0 Å². The van der Waals surface area contributed by atoms with Crippen molar-refractivity contribution in [2.75, 3.05) is 31.6 Å². The Morgan fingerprint density at radius 2 is 1.69 bits per heavy atom. The molecule has 0 atom stereocenters. The number of aromatic nitrogens is 1. The summed E-state index contributed by atoms with van der Waals surface area (Å²) in [5, 5.41) is 2.40. The van der Waals surface area contributed by atoms with Gasteiger partial charge in [-0.1, -0.05) is 26.8 Å². The van der Waals surface area contributed by atoms with E-state index < -0.39 is 40.6 Å². The van der Waals surface area contributed by atoms with Gasteiger partial charge >= 0.3 is 12.2 Å². The highest BCUT2D eigenvalue weighted by Crippen LogP contribution is 2.40. The van der Waals surface area contributed by atoms with Crippen molar-refractivity contribution in [1.82, 2.24) is 20.1 Å². The fraction of sp³-hybridized carbons (Fsp3) is 0.407. The van der Waals surface area contributed by atoms with Crippen molar-refractivity contribution in [1.29, 1.82) is 0 Å². The lowest BCUT2D eigenvalue weighted by atomic mass is 9.85. The van der Waals surface area contributed by atoms with Crippen molar-refractivity contribution >= 4 is 23.5 Å². The van der Waals surface area contributed by atoms with Crippen LogP contribution in [0.2, 0.25) is 0 Å². The number of benzene rings is 1. The van der Waals surface area contributed by atoms with Crippen molar-refractivity contribution in [2.45, 2.75) is 44.8 Å². The Morgan fingerprint density at radius 3 is 2.26 bits per heavy atom. The van der Waals surface area contributed by atoms with Gasteiger partial charge in [0.25, 0.3) is 11.8 Å². The van der Waals surface area contributed by atoms with Gasteiger partial charge in [-0.05, 0) is 43.2 Å². The van der Waals surface area contributed by atoms with Crippen LogP contribution in [0.25, 0.3) is 0 Å². The molecule has 1 aromatic carbocycles. The van der Waals surface area contributed by atoms with Crippen LogP contribution in [0.3, 0.4) is 0 Å². The van der Waals surface area contributed by atoms with Crippen LogP contribution in [-0.4, -0.2) is 64.9 Å². The molecule has 2 aliphatic rings. The smallest absolute Gasteiger partial charge is 0.374 e. The Labute approximate surface area is 224 Å². The number of hydrogen-bond acceptors (Lipinski definition) is 5. The van der Waals surface area contributed by atoms with Crippen molar-refractivity contribution in [3.05, 3.63) is 71.9 Å². The molecular weight excluding hydrogens is 518 g/mol. The van der Waals surface area contributed by atoms with E-state index in [4.69, 9.17) is 0 Å². The first-order chi connectivity index (χ1) is 18.4. The molecule has 0 aliphatic carbocycles. The molecule has 2 aromatic rings. The number of piperidine rings is 1. The maximum atomic E-state index is 14.0. The normalized spacial score (nSPS) is 16.7. The van der Waals surface area contributed by atoms with E-state index in [2.05, 4.69) is 30.7 Å². The second-order valence-electron chi connectivity index (χ2n) is 9.35. The molecule has 2 saturated heterocycles. The van der Waals surface area contributed by atoms with Gasteiger partial charge in [0.05, 0.1) is 17.7 Å². The number of nitrogens with one attached hydrogen (secondary N) is 1. The number of hydrogen-bond donors (Lipinski definition) is 1. The lowest BCUT2D eigenvalue weighted by Gasteiger charge is -2.43. The molecule has 0 unspecified atom stereocenters. The number of pyridine rings is 1. The molecule has 0 radical (unpaired) electrons. The summed E-state index contributed by atoms with van der Waals surface area (Å²) in [7, 11) is 1.43. The SMILES string of the molecule is C=C(CNC(=O)c1cc(C(F)(F)F)ccc1F)N1CCC2(CC1)C(=O)N(C)C(=O)N2c1ccncc1.CCC. The van der Waals surface area contributed by atoms with Crippen molar-refractivity contribution in [3.8, 4) is 0 Å². The van der Waals surface area contributed by atoms with Gasteiger partial charge in [0.1, 0.15) is 11.4 Å². The first-order valence-corrected chi connectivity index (χ1v) is 12.5. The van der Waals surface area contributed by atoms with Crippen LogP contribution in [0.5, 0.6) is 0 Å². The van der Waals surface area contributed by atoms with E-state index in [0.717, 1.165) is 4.90 Å². The van der Waals surface area contributed by atoms with Gasteiger partial charge in [-0.2, -0.15) is 13.2 Å². The summed E-state index contributed by atoms with van der Waals surface area (Å²) in [4.78, 5) is 46.7. The summed E-state index contributed by atoms with van der Waals surface area (Å²) in [6.07, 6.45) is 0.185. The number of likely N-dealkylation sites (N-methyl/N-ethyl adjacent to an activating group) is 1. The van der Waals surface area contributed by atoms with E-state index in [0.29, 0.717) is 55.5 Å². The van der Waals surface area contributed by atoms with Crippen LogP contribution in [-0.2, 0) is 11.0 Å². The van der Waals surface area contributed by atoms with E-state index in [9.17, 15) is 31.9 Å². The third-order valence-corrected chi connectivity index (χ3v) is 6.56. The second kappa shape index (κ2) is 11.8. The number of anilines is 1. The minimum absolute atomic E-state index is 0.137. The maximum Gasteiger partial charge on any atom is 0.416 e. The number of carbonyl (C=O) groups is 3. The summed E-state index contributed by atoms with van der Waals surface area (Å²) in [5.74, 6) is -2.39. The number of alkyl halides is 3. The molecule has 4 amide bonds. The van der Waals surface area contributed by atoms with Crippen LogP contribution in [0.4, 0.5) is 28.0 Å². The van der Waals surface area contributed by atoms with Crippen LogP contribution in [0.1, 0.15) is 49.0 Å². The van der Waals surface area contributed by atoms with Crippen LogP contribution < -0.4 is 10.2 Å². The van der Waals surface area contributed by atoms with Gasteiger partial charge < -0.3 is 10.2 Å². The summed E-state index contributed by atoms with van der Waals surface area (Å²) < 4.78 is 52.8. The van der Waals surface area contributed by atoms with E-state index in [-0.39, 0.29) is 12.5 Å². The summed E-state index contributed by atoms with van der Waals surface area (Å²) in [6, 6.07) is 4.50. The number of urea groups is 1. The molecular formula is C27H31F4N5O3. The van der Waals surface area contributed by atoms with Crippen LogP contribution in [0, 0.1) is 5.82 Å². The molecule has 210 valence electrons. The Morgan fingerprint density at radius 1 is 1.10 bits per heavy atom. The first kappa shape index (κ1) is 29.6. The number of imide groups is 1. The largest absolute Gasteiger partial charge is 0.416 e. The van der Waals surface area contributed by atoms with E-state index in [1.165, 1.54) is 30.8 Å². The number of amides is 4. The highest BCUT2D eigenvalue weighted by molar-refractivity contribution is 6.16. The fourth-order valence-electron chi connectivity index (χ4n) is 4.57. The zero-order valence-corrected chi connectivity index (χ0v) is 22.0. The highest BCUT2D eigenvalue weighted by Gasteiger charge is 2.57. The number of carbonyl (C=O) groups excluding carboxylic acids is 3. The minimum Gasteiger partial charge on any atom is -0.374 e. The summed E-state index contributed by atoms with van der Waals surface area (Å²) in [6.45, 7) is 8.70. The zero-order valence-electron chi connectivity index (χ0n) is 22.0. The Bertz CT molecular complexity index is 1230. The Kier molecular flexibility index (Phi) is 8.98. The van der Waals surface area contributed by atoms with Gasteiger partial charge in [-0.3, -0.25) is 24.4 Å². The highest BCUT2D eigenvalue weighted by atomic mass is 19.4. The van der Waals surface area contributed by atoms with Crippen molar-refractivity contribution in [2.24, 2.45) is 0 Å². The lowest BCUT2D eigenvalue weighted by Crippen LogP contribution is -2.57. The lowest BCUT2D eigenvalue weighted by molar-refractivity contribution is -0.137. The molecule has 4 rings (SSSR count). The van der Waals surface area contributed by atoms with Gasteiger partial charge in [-0.15, -0.1) is 0 Å². The van der Waals surface area contributed by atoms with Gasteiger partial charge in [0, 0.05) is 43.9 Å². The molecule has 3 heterocycles. The molecule has 0 bridgehead atoms. The topological polar surface area (TPSA) is 85.8 Å². The van der Waals surface area contributed by atoms with E-state index >= 15 is 0 Å². The van der Waals surface area contributed by atoms with Gasteiger partial charge in [-0.25, -0.2) is 9.18 Å². The Balaban J connectivity index is 0.00000134. The monoisotopic (exact) mass is 549 g/mol. The maximum absolute atomic E-state index is 14.0. The average molecular weight is 550 g/mol. The molecule has 1 aromatic heterocycles. The standard InChI is InChI=1S/C24H23F4N5O3.C3H8/c1-15(14-30-20(34)18-13-16(24(26,27)28)3-4-19(18)25)32-11-7-23(8-12-32)21(35)31(2)22(36)33(23)17-5-9-29-10-6-17;1-3-2/h3-6,9-10,13H,1,7-8,11-12,14H2,2H3,(H,30,34);3H2,1-2H3. The third kappa shape index (κ3) is 6.04. The molecule has 12 heteroatoms. The Hall–Kier alpha value is -3.96. The summed E-state index contributed by atoms with van der Waals surface area (Å²) in [5.41, 5.74) is -1.94. The van der Waals surface area contributed by atoms with Crippen LogP contribution in [0.15, 0.2) is 55.0 Å². The van der Waals surface area contributed by atoms with Gasteiger partial charge in [0.15, 0.2) is 0 Å². The number of halogens is 4. The van der Waals surface area contributed by atoms with Crippen molar-refractivity contribution in [3.63, 3.8) is 0 Å². The third-order valence-electron chi connectivity index (χ3n) is 6.56. The molecule has 1 N–H and O–H groups in total. The molecule has 2 aliphatic heterocycles. The molecule has 39 heavy (non-hydrogen) atoms. The fourth-order valence-corrected chi connectivity index (χ4v) is 4.57. The molecule has 1 spiro atoms. The number of likely N-dealkylation sites (tertiary alicyclic amines) is 1. The molecule has 2 fully saturated rings.